The largest absolute Gasteiger partial charge is 0.484 e. The molecule has 2 aromatic rings. The average molecular weight is 482 g/mol. The van der Waals surface area contributed by atoms with E-state index in [0.29, 0.717) is 23.2 Å². The minimum atomic E-state index is -0.634. The fraction of sp³-hybridized carbons (Fsp3) is 0.364. The molecule has 0 aliphatic heterocycles. The summed E-state index contributed by atoms with van der Waals surface area (Å²) in [6.45, 7) is 6.46. The van der Waals surface area contributed by atoms with E-state index in [9.17, 15) is 9.59 Å². The molecule has 1 atom stereocenters. The molecule has 2 rings (SSSR count). The summed E-state index contributed by atoms with van der Waals surface area (Å²) < 4.78 is 6.55. The second-order valence-corrected chi connectivity index (χ2v) is 8.56. The molecule has 0 fully saturated rings. The van der Waals surface area contributed by atoms with Crippen LogP contribution in [0.3, 0.4) is 0 Å². The summed E-state index contributed by atoms with van der Waals surface area (Å²) in [6, 6.07) is 13.8. The Labute approximate surface area is 185 Å². The van der Waals surface area contributed by atoms with Crippen molar-refractivity contribution in [2.24, 2.45) is 5.92 Å². The lowest BCUT2D eigenvalue weighted by Crippen LogP contribution is -2.49. The summed E-state index contributed by atoms with van der Waals surface area (Å²) >= 11 is 9.32. The second kappa shape index (κ2) is 11.2. The molecule has 5 nitrogen and oxygen atoms in total. The zero-order chi connectivity index (χ0) is 21.4. The van der Waals surface area contributed by atoms with Gasteiger partial charge in [0, 0.05) is 22.6 Å². The number of rotatable bonds is 9. The maximum absolute atomic E-state index is 12.9. The zero-order valence-corrected chi connectivity index (χ0v) is 19.2. The number of ether oxygens (including phenoxy) is 1. The van der Waals surface area contributed by atoms with Crippen molar-refractivity contribution in [3.8, 4) is 5.75 Å². The van der Waals surface area contributed by atoms with E-state index in [4.69, 9.17) is 16.3 Å². The molecular weight excluding hydrogens is 456 g/mol. The summed E-state index contributed by atoms with van der Waals surface area (Å²) in [4.78, 5) is 27.0. The van der Waals surface area contributed by atoms with E-state index in [-0.39, 0.29) is 25.0 Å². The van der Waals surface area contributed by atoms with Crippen LogP contribution in [0.1, 0.15) is 26.3 Å². The minimum Gasteiger partial charge on any atom is -0.484 e. The van der Waals surface area contributed by atoms with Crippen molar-refractivity contribution in [3.05, 3.63) is 63.6 Å². The van der Waals surface area contributed by atoms with Gasteiger partial charge in [-0.25, -0.2) is 0 Å². The molecule has 0 bridgehead atoms. The van der Waals surface area contributed by atoms with Crippen LogP contribution in [0.4, 0.5) is 0 Å². The van der Waals surface area contributed by atoms with Crippen LogP contribution in [0, 0.1) is 5.92 Å². The first kappa shape index (κ1) is 23.2. The van der Waals surface area contributed by atoms with Crippen molar-refractivity contribution in [3.63, 3.8) is 0 Å². The summed E-state index contributed by atoms with van der Waals surface area (Å²) in [5.41, 5.74) is 0.884. The standard InChI is InChI=1S/C22H26BrClN2O3/c1-15(2)12-25-22(28)16(3)26(13-17-4-8-19(24)9-5-17)21(27)14-29-20-10-6-18(23)7-11-20/h4-11,15-16H,12-14H2,1-3H3,(H,25,28)/t16-/m0/s1. The Balaban J connectivity index is 2.10. The molecule has 0 aliphatic carbocycles. The third kappa shape index (κ3) is 7.71. The minimum absolute atomic E-state index is 0.156. The Morgan fingerprint density at radius 1 is 1.07 bits per heavy atom. The monoisotopic (exact) mass is 480 g/mol. The van der Waals surface area contributed by atoms with Gasteiger partial charge in [0.25, 0.3) is 5.91 Å². The molecule has 0 heterocycles. The van der Waals surface area contributed by atoms with Crippen LogP contribution in [-0.2, 0) is 16.1 Å². The Bertz CT molecular complexity index is 810. The average Bonchev–Trinajstić information content (AvgIpc) is 2.70. The number of nitrogens with one attached hydrogen (secondary N) is 1. The fourth-order valence-corrected chi connectivity index (χ4v) is 2.97. The Morgan fingerprint density at radius 2 is 1.69 bits per heavy atom. The number of amides is 2. The van der Waals surface area contributed by atoms with E-state index in [1.165, 1.54) is 4.90 Å². The van der Waals surface area contributed by atoms with Gasteiger partial charge in [0.15, 0.2) is 6.61 Å². The van der Waals surface area contributed by atoms with Gasteiger partial charge in [0.1, 0.15) is 11.8 Å². The number of nitrogens with zero attached hydrogens (tertiary/aromatic N) is 1. The summed E-state index contributed by atoms with van der Waals surface area (Å²) in [6.07, 6.45) is 0. The van der Waals surface area contributed by atoms with Gasteiger partial charge in [-0.1, -0.05) is 53.5 Å². The Kier molecular flexibility index (Phi) is 8.99. The van der Waals surface area contributed by atoms with Gasteiger partial charge in [-0.2, -0.15) is 0 Å². The maximum atomic E-state index is 12.9. The predicted octanol–water partition coefficient (Wildman–Crippen LogP) is 4.67. The van der Waals surface area contributed by atoms with Gasteiger partial charge < -0.3 is 15.0 Å². The van der Waals surface area contributed by atoms with Crippen molar-refractivity contribution in [2.45, 2.75) is 33.4 Å². The van der Waals surface area contributed by atoms with Crippen molar-refractivity contribution >= 4 is 39.3 Å². The molecule has 0 unspecified atom stereocenters. The van der Waals surface area contributed by atoms with Crippen LogP contribution in [-0.4, -0.2) is 35.9 Å². The normalized spacial score (nSPS) is 11.8. The number of benzene rings is 2. The van der Waals surface area contributed by atoms with Gasteiger partial charge in [-0.05, 0) is 54.8 Å². The highest BCUT2D eigenvalue weighted by atomic mass is 79.9. The summed E-state index contributed by atoms with van der Waals surface area (Å²) in [5.74, 6) is 0.455. The lowest BCUT2D eigenvalue weighted by Gasteiger charge is -2.29. The predicted molar refractivity (Wildman–Crippen MR) is 119 cm³/mol. The SMILES string of the molecule is CC(C)CNC(=O)[C@H](C)N(Cc1ccc(Cl)cc1)C(=O)COc1ccc(Br)cc1. The number of halogens is 2. The molecule has 0 aromatic heterocycles. The first-order valence-electron chi connectivity index (χ1n) is 9.46. The molecule has 0 saturated heterocycles. The molecule has 2 aromatic carbocycles. The third-order valence-corrected chi connectivity index (χ3v) is 5.07. The third-order valence-electron chi connectivity index (χ3n) is 4.29. The van der Waals surface area contributed by atoms with Gasteiger partial charge >= 0.3 is 0 Å². The van der Waals surface area contributed by atoms with E-state index >= 15 is 0 Å². The van der Waals surface area contributed by atoms with Crippen LogP contribution >= 0.6 is 27.5 Å². The molecule has 29 heavy (non-hydrogen) atoms. The van der Waals surface area contributed by atoms with E-state index in [1.807, 2.05) is 38.1 Å². The highest BCUT2D eigenvalue weighted by molar-refractivity contribution is 9.10. The smallest absolute Gasteiger partial charge is 0.261 e. The van der Waals surface area contributed by atoms with Crippen LogP contribution in [0.25, 0.3) is 0 Å². The molecule has 2 amide bonds. The Morgan fingerprint density at radius 3 is 2.28 bits per heavy atom. The van der Waals surface area contributed by atoms with Gasteiger partial charge in [-0.15, -0.1) is 0 Å². The molecule has 0 saturated carbocycles. The topological polar surface area (TPSA) is 58.6 Å². The van der Waals surface area contributed by atoms with Crippen LogP contribution in [0.5, 0.6) is 5.75 Å². The van der Waals surface area contributed by atoms with Gasteiger partial charge in [-0.3, -0.25) is 9.59 Å². The molecule has 156 valence electrons. The van der Waals surface area contributed by atoms with E-state index in [2.05, 4.69) is 21.2 Å². The quantitative estimate of drug-likeness (QED) is 0.566. The van der Waals surface area contributed by atoms with Gasteiger partial charge in [0.05, 0.1) is 0 Å². The molecule has 0 aliphatic rings. The summed E-state index contributed by atoms with van der Waals surface area (Å²) in [7, 11) is 0. The van der Waals surface area contributed by atoms with Crippen LogP contribution in [0.2, 0.25) is 5.02 Å². The maximum Gasteiger partial charge on any atom is 0.261 e. The lowest BCUT2D eigenvalue weighted by molar-refractivity contribution is -0.142. The molecule has 0 radical (unpaired) electrons. The molecule has 1 N–H and O–H groups in total. The molecule has 7 heteroatoms. The number of carbonyl (C=O) groups excluding carboxylic acids is 2. The molecule has 0 spiro atoms. The van der Waals surface area contributed by atoms with E-state index in [0.717, 1.165) is 10.0 Å². The summed E-state index contributed by atoms with van der Waals surface area (Å²) in [5, 5.41) is 3.51. The first-order chi connectivity index (χ1) is 13.8. The van der Waals surface area contributed by atoms with Crippen molar-refractivity contribution in [1.29, 1.82) is 0 Å². The molecular formula is C22H26BrClN2O3. The zero-order valence-electron chi connectivity index (χ0n) is 16.8. The highest BCUT2D eigenvalue weighted by Gasteiger charge is 2.26. The lowest BCUT2D eigenvalue weighted by atomic mass is 10.1. The second-order valence-electron chi connectivity index (χ2n) is 7.21. The number of carbonyl (C=O) groups is 2. The van der Waals surface area contributed by atoms with Gasteiger partial charge in [0.2, 0.25) is 5.91 Å². The van der Waals surface area contributed by atoms with Crippen molar-refractivity contribution in [1.82, 2.24) is 10.2 Å². The van der Waals surface area contributed by atoms with E-state index < -0.39 is 6.04 Å². The number of hydrogen-bond donors (Lipinski definition) is 1. The highest BCUT2D eigenvalue weighted by Crippen LogP contribution is 2.17. The van der Waals surface area contributed by atoms with Crippen LogP contribution in [0.15, 0.2) is 53.0 Å². The van der Waals surface area contributed by atoms with Crippen molar-refractivity contribution < 1.29 is 14.3 Å². The fourth-order valence-electron chi connectivity index (χ4n) is 2.58. The number of hydrogen-bond acceptors (Lipinski definition) is 3. The van der Waals surface area contributed by atoms with Crippen molar-refractivity contribution in [2.75, 3.05) is 13.2 Å². The van der Waals surface area contributed by atoms with E-state index in [1.54, 1.807) is 31.2 Å². The Hall–Kier alpha value is -2.05. The first-order valence-corrected chi connectivity index (χ1v) is 10.6. The van der Waals surface area contributed by atoms with Crippen LogP contribution < -0.4 is 10.1 Å².